The Morgan fingerprint density at radius 2 is 1.33 bits per heavy atom. The summed E-state index contributed by atoms with van der Waals surface area (Å²) in [5, 5.41) is 8.13. The Bertz CT molecular complexity index is 446. The van der Waals surface area contributed by atoms with Crippen LogP contribution in [0.4, 0.5) is 11.6 Å². The van der Waals surface area contributed by atoms with E-state index in [0.717, 1.165) is 20.4 Å². The van der Waals surface area contributed by atoms with E-state index in [4.69, 9.17) is 0 Å². The molecular formula is C15H23IN4S. The van der Waals surface area contributed by atoms with Gasteiger partial charge in [-0.15, -0.1) is 0 Å². The number of nitrogens with zero attached hydrogens (tertiary/aromatic N) is 2. The van der Waals surface area contributed by atoms with Crippen LogP contribution in [0.5, 0.6) is 0 Å². The molecule has 1 heterocycles. The van der Waals surface area contributed by atoms with Crippen LogP contribution in [0.25, 0.3) is 0 Å². The van der Waals surface area contributed by atoms with Crippen molar-refractivity contribution in [3.8, 4) is 0 Å². The Balaban J connectivity index is 1.80. The standard InChI is InChI=1S/C15H23IN4S/c1-21-15-19-13(17-10-6-2-3-7-10)12(16)14(20-15)18-11-8-4-5-9-11/h10-11H,2-9H2,1H3,(H2,17,18,19,20). The molecule has 1 aromatic heterocycles. The van der Waals surface area contributed by atoms with Crippen LogP contribution in [0.1, 0.15) is 51.4 Å². The number of nitrogens with one attached hydrogen (secondary N) is 2. The quantitative estimate of drug-likeness (QED) is 0.419. The maximum atomic E-state index is 4.68. The third-order valence-electron chi connectivity index (χ3n) is 4.41. The van der Waals surface area contributed by atoms with E-state index in [-0.39, 0.29) is 0 Å². The number of halogens is 1. The van der Waals surface area contributed by atoms with E-state index in [1.807, 2.05) is 6.26 Å². The van der Waals surface area contributed by atoms with E-state index in [9.17, 15) is 0 Å². The summed E-state index contributed by atoms with van der Waals surface area (Å²) in [6.45, 7) is 0. The molecule has 0 unspecified atom stereocenters. The molecule has 21 heavy (non-hydrogen) atoms. The van der Waals surface area contributed by atoms with Gasteiger partial charge in [0.2, 0.25) is 0 Å². The van der Waals surface area contributed by atoms with E-state index in [1.54, 1.807) is 11.8 Å². The van der Waals surface area contributed by atoms with E-state index in [2.05, 4.69) is 43.2 Å². The molecule has 2 aliphatic rings. The lowest BCUT2D eigenvalue weighted by Crippen LogP contribution is -2.20. The van der Waals surface area contributed by atoms with Gasteiger partial charge in [0, 0.05) is 12.1 Å². The molecule has 0 radical (unpaired) electrons. The Morgan fingerprint density at radius 1 is 0.905 bits per heavy atom. The molecule has 2 N–H and O–H groups in total. The van der Waals surface area contributed by atoms with Crippen molar-refractivity contribution in [3.63, 3.8) is 0 Å². The Kier molecular flexibility index (Phi) is 5.48. The number of thioether (sulfide) groups is 1. The van der Waals surface area contributed by atoms with E-state index in [1.165, 1.54) is 51.4 Å². The highest BCUT2D eigenvalue weighted by Gasteiger charge is 2.21. The molecule has 0 saturated heterocycles. The molecule has 2 fully saturated rings. The monoisotopic (exact) mass is 418 g/mol. The van der Waals surface area contributed by atoms with Crippen molar-refractivity contribution < 1.29 is 0 Å². The molecule has 0 aromatic carbocycles. The van der Waals surface area contributed by atoms with Gasteiger partial charge in [-0.1, -0.05) is 37.4 Å². The lowest BCUT2D eigenvalue weighted by atomic mass is 10.2. The lowest BCUT2D eigenvalue weighted by Gasteiger charge is -2.19. The van der Waals surface area contributed by atoms with Crippen LogP contribution >= 0.6 is 34.4 Å². The molecule has 116 valence electrons. The largest absolute Gasteiger partial charge is 0.366 e. The zero-order valence-electron chi connectivity index (χ0n) is 12.5. The Labute approximate surface area is 144 Å². The molecule has 0 spiro atoms. The first-order valence-electron chi connectivity index (χ1n) is 7.91. The summed E-state index contributed by atoms with van der Waals surface area (Å²) in [4.78, 5) is 9.37. The molecule has 0 bridgehead atoms. The van der Waals surface area contributed by atoms with Crippen LogP contribution in [0.2, 0.25) is 0 Å². The van der Waals surface area contributed by atoms with Crippen LogP contribution in [-0.2, 0) is 0 Å². The molecule has 2 saturated carbocycles. The van der Waals surface area contributed by atoms with Crippen molar-refractivity contribution in [2.24, 2.45) is 0 Å². The van der Waals surface area contributed by atoms with Gasteiger partial charge in [0.15, 0.2) is 5.16 Å². The second-order valence-corrected chi connectivity index (χ2v) is 7.83. The van der Waals surface area contributed by atoms with Crippen molar-refractivity contribution in [1.82, 2.24) is 9.97 Å². The molecule has 0 amide bonds. The average Bonchev–Trinajstić information content (AvgIpc) is 3.16. The minimum Gasteiger partial charge on any atom is -0.366 e. The molecular weight excluding hydrogens is 395 g/mol. The molecule has 0 atom stereocenters. The summed E-state index contributed by atoms with van der Waals surface area (Å²) in [6.07, 6.45) is 12.4. The van der Waals surface area contributed by atoms with Gasteiger partial charge in [0.05, 0.1) is 3.57 Å². The highest BCUT2D eigenvalue weighted by molar-refractivity contribution is 14.1. The fourth-order valence-corrected chi connectivity index (χ4v) is 4.15. The highest BCUT2D eigenvalue weighted by Crippen LogP contribution is 2.31. The smallest absolute Gasteiger partial charge is 0.191 e. The minimum absolute atomic E-state index is 0.586. The SMILES string of the molecule is CSc1nc(NC2CCCC2)c(I)c(NC2CCCC2)n1. The first-order chi connectivity index (χ1) is 10.3. The fraction of sp³-hybridized carbons (Fsp3) is 0.733. The zero-order chi connectivity index (χ0) is 14.7. The number of hydrogen-bond donors (Lipinski definition) is 2. The van der Waals surface area contributed by atoms with Crippen molar-refractivity contribution in [1.29, 1.82) is 0 Å². The Morgan fingerprint density at radius 3 is 1.71 bits per heavy atom. The lowest BCUT2D eigenvalue weighted by molar-refractivity contribution is 0.733. The fourth-order valence-electron chi connectivity index (χ4n) is 3.24. The summed E-state index contributed by atoms with van der Waals surface area (Å²) < 4.78 is 1.14. The number of rotatable bonds is 5. The number of anilines is 2. The highest BCUT2D eigenvalue weighted by atomic mass is 127. The zero-order valence-corrected chi connectivity index (χ0v) is 15.5. The minimum atomic E-state index is 0.586. The summed E-state index contributed by atoms with van der Waals surface area (Å²) in [6, 6.07) is 1.17. The molecule has 0 aliphatic heterocycles. The van der Waals surface area contributed by atoms with Crippen molar-refractivity contribution >= 4 is 46.0 Å². The maximum Gasteiger partial charge on any atom is 0.191 e. The molecule has 4 nitrogen and oxygen atoms in total. The van der Waals surface area contributed by atoms with Gasteiger partial charge in [-0.05, 0) is 54.5 Å². The second-order valence-electron chi connectivity index (χ2n) is 5.97. The number of aromatic nitrogens is 2. The van der Waals surface area contributed by atoms with Crippen LogP contribution in [0.3, 0.4) is 0 Å². The predicted octanol–water partition coefficient (Wildman–Crippen LogP) is 4.51. The van der Waals surface area contributed by atoms with Gasteiger partial charge in [0.1, 0.15) is 11.6 Å². The first kappa shape index (κ1) is 15.6. The van der Waals surface area contributed by atoms with Crippen LogP contribution in [0, 0.1) is 3.57 Å². The van der Waals surface area contributed by atoms with Crippen molar-refractivity contribution in [3.05, 3.63) is 3.57 Å². The number of hydrogen-bond acceptors (Lipinski definition) is 5. The van der Waals surface area contributed by atoms with Crippen LogP contribution in [-0.4, -0.2) is 28.3 Å². The van der Waals surface area contributed by atoms with Gasteiger partial charge in [-0.25, -0.2) is 9.97 Å². The summed E-state index contributed by atoms with van der Waals surface area (Å²) in [7, 11) is 0. The molecule has 2 aliphatic carbocycles. The summed E-state index contributed by atoms with van der Waals surface area (Å²) in [5.41, 5.74) is 0. The molecule has 6 heteroatoms. The summed E-state index contributed by atoms with van der Waals surface area (Å²) >= 11 is 4.00. The van der Waals surface area contributed by atoms with Crippen molar-refractivity contribution in [2.75, 3.05) is 16.9 Å². The predicted molar refractivity (Wildman–Crippen MR) is 98.3 cm³/mol. The average molecular weight is 418 g/mol. The van der Waals surface area contributed by atoms with Crippen molar-refractivity contribution in [2.45, 2.75) is 68.6 Å². The molecule has 1 aromatic rings. The van der Waals surface area contributed by atoms with Gasteiger partial charge < -0.3 is 10.6 Å². The van der Waals surface area contributed by atoms with Gasteiger partial charge in [0.25, 0.3) is 0 Å². The van der Waals surface area contributed by atoms with E-state index >= 15 is 0 Å². The van der Waals surface area contributed by atoms with Crippen LogP contribution < -0.4 is 10.6 Å². The molecule has 3 rings (SSSR count). The Hall–Kier alpha value is -0.240. The summed E-state index contributed by atoms with van der Waals surface area (Å²) in [5.74, 6) is 2.03. The maximum absolute atomic E-state index is 4.68. The first-order valence-corrected chi connectivity index (χ1v) is 10.2. The third kappa shape index (κ3) is 3.94. The third-order valence-corrected chi connectivity index (χ3v) is 5.97. The topological polar surface area (TPSA) is 49.8 Å². The van der Waals surface area contributed by atoms with Gasteiger partial charge >= 0.3 is 0 Å². The van der Waals surface area contributed by atoms with E-state index < -0.39 is 0 Å². The van der Waals surface area contributed by atoms with E-state index in [0.29, 0.717) is 12.1 Å². The second kappa shape index (κ2) is 7.35. The normalized spacial score (nSPS) is 20.1. The van der Waals surface area contributed by atoms with Gasteiger partial charge in [-0.2, -0.15) is 0 Å². The van der Waals surface area contributed by atoms with Gasteiger partial charge in [-0.3, -0.25) is 0 Å². The van der Waals surface area contributed by atoms with Crippen LogP contribution in [0.15, 0.2) is 5.16 Å².